The maximum atomic E-state index is 11.9. The molecule has 1 amide bonds. The normalized spacial score (nSPS) is 13.0. The summed E-state index contributed by atoms with van der Waals surface area (Å²) in [5.41, 5.74) is 0.361. The average molecular weight is 267 g/mol. The minimum absolute atomic E-state index is 0.0841. The van der Waals surface area contributed by atoms with Gasteiger partial charge in [0.05, 0.1) is 0 Å². The van der Waals surface area contributed by atoms with Crippen LogP contribution in [0.5, 0.6) is 0 Å². The average Bonchev–Trinajstić information content (AvgIpc) is 2.18. The van der Waals surface area contributed by atoms with Crippen LogP contribution in [0.15, 0.2) is 12.2 Å². The summed E-state index contributed by atoms with van der Waals surface area (Å²) in [5, 5.41) is 0. The fourth-order valence-electron chi connectivity index (χ4n) is 1.76. The van der Waals surface area contributed by atoms with Crippen LogP contribution in [0.25, 0.3) is 0 Å². The van der Waals surface area contributed by atoms with Crippen LogP contribution in [0.1, 0.15) is 67.2 Å². The van der Waals surface area contributed by atoms with E-state index in [4.69, 9.17) is 0 Å². The van der Waals surface area contributed by atoms with E-state index in [2.05, 4.69) is 53.7 Å². The van der Waals surface area contributed by atoms with Gasteiger partial charge in [0.2, 0.25) is 5.91 Å². The third-order valence-corrected chi connectivity index (χ3v) is 2.84. The highest BCUT2D eigenvalue weighted by atomic mass is 16.2. The lowest BCUT2D eigenvalue weighted by molar-refractivity contribution is -0.131. The predicted molar refractivity (Wildman–Crippen MR) is 84.2 cm³/mol. The lowest BCUT2D eigenvalue weighted by atomic mass is 9.91. The molecule has 0 aliphatic carbocycles. The molecule has 0 aromatic carbocycles. The maximum Gasteiger partial charge on any atom is 0.222 e. The van der Waals surface area contributed by atoms with Crippen LogP contribution >= 0.6 is 0 Å². The Labute approximate surface area is 120 Å². The number of nitrogens with zero attached hydrogens (tertiary/aromatic N) is 1. The van der Waals surface area contributed by atoms with E-state index < -0.39 is 0 Å². The van der Waals surface area contributed by atoms with Gasteiger partial charge in [-0.1, -0.05) is 53.7 Å². The summed E-state index contributed by atoms with van der Waals surface area (Å²) in [6.07, 6.45) is 8.50. The third-order valence-electron chi connectivity index (χ3n) is 2.84. The monoisotopic (exact) mass is 267 g/mol. The molecule has 0 aromatic rings. The highest BCUT2D eigenvalue weighted by Gasteiger charge is 2.18. The summed E-state index contributed by atoms with van der Waals surface area (Å²) >= 11 is 0. The van der Waals surface area contributed by atoms with Crippen molar-refractivity contribution in [2.24, 2.45) is 10.8 Å². The summed E-state index contributed by atoms with van der Waals surface area (Å²) < 4.78 is 0. The highest BCUT2D eigenvalue weighted by molar-refractivity contribution is 5.76. The largest absolute Gasteiger partial charge is 0.346 e. The quantitative estimate of drug-likeness (QED) is 0.506. The Hall–Kier alpha value is -0.790. The van der Waals surface area contributed by atoms with Crippen molar-refractivity contribution in [3.8, 4) is 0 Å². The second-order valence-electron chi connectivity index (χ2n) is 7.82. The zero-order chi connectivity index (χ0) is 15.1. The fraction of sp³-hybridized carbons (Fsp3) is 0.824. The number of carbonyl (C=O) groups excluding carboxylic acids is 1. The van der Waals surface area contributed by atoms with Crippen molar-refractivity contribution in [2.75, 3.05) is 13.6 Å². The van der Waals surface area contributed by atoms with Gasteiger partial charge in [-0.15, -0.1) is 0 Å². The van der Waals surface area contributed by atoms with Crippen molar-refractivity contribution in [2.45, 2.75) is 67.2 Å². The van der Waals surface area contributed by atoms with Crippen molar-refractivity contribution in [1.82, 2.24) is 4.90 Å². The number of carbonyl (C=O) groups is 1. The Morgan fingerprint density at radius 1 is 1.05 bits per heavy atom. The highest BCUT2D eigenvalue weighted by Crippen LogP contribution is 2.19. The summed E-state index contributed by atoms with van der Waals surface area (Å²) in [6, 6.07) is 0. The molecule has 2 heteroatoms. The lowest BCUT2D eigenvalue weighted by Gasteiger charge is -2.23. The van der Waals surface area contributed by atoms with E-state index in [9.17, 15) is 4.79 Å². The molecule has 0 radical (unpaired) electrons. The molecular weight excluding hydrogens is 234 g/mol. The number of unbranched alkanes of at least 4 members (excludes halogenated alkanes) is 2. The van der Waals surface area contributed by atoms with E-state index in [1.807, 2.05) is 11.9 Å². The first kappa shape index (κ1) is 18.2. The molecule has 0 aromatic heterocycles. The summed E-state index contributed by atoms with van der Waals surface area (Å²) in [5.74, 6) is 0.262. The molecule has 0 N–H and O–H groups in total. The topological polar surface area (TPSA) is 20.3 Å². The number of hydrogen-bond donors (Lipinski definition) is 0. The van der Waals surface area contributed by atoms with Crippen LogP contribution in [-0.2, 0) is 4.79 Å². The molecule has 0 spiro atoms. The van der Waals surface area contributed by atoms with Crippen molar-refractivity contribution in [1.29, 1.82) is 0 Å². The molecule has 2 nitrogen and oxygen atoms in total. The van der Waals surface area contributed by atoms with E-state index in [0.717, 1.165) is 25.8 Å². The second kappa shape index (κ2) is 7.72. The molecule has 0 atom stereocenters. The van der Waals surface area contributed by atoms with Gasteiger partial charge in [-0.2, -0.15) is 0 Å². The molecule has 0 bridgehead atoms. The Bertz CT molecular complexity index is 291. The van der Waals surface area contributed by atoms with Gasteiger partial charge in [0.1, 0.15) is 0 Å². The molecule has 0 aliphatic heterocycles. The van der Waals surface area contributed by atoms with Gasteiger partial charge < -0.3 is 4.90 Å². The number of allylic oxidation sites excluding steroid dienone is 2. The van der Waals surface area contributed by atoms with Gasteiger partial charge in [-0.25, -0.2) is 0 Å². The zero-order valence-electron chi connectivity index (χ0n) is 14.0. The molecule has 112 valence electrons. The Morgan fingerprint density at radius 2 is 1.63 bits per heavy atom. The number of rotatable bonds is 6. The first-order valence-corrected chi connectivity index (χ1v) is 7.43. The third kappa shape index (κ3) is 12.0. The SMILES string of the molecule is CN(CCCC/C=C/C(C)(C)C)C(=O)CC(C)(C)C. The number of hydrogen-bond acceptors (Lipinski definition) is 1. The Balaban J connectivity index is 3.78. The lowest BCUT2D eigenvalue weighted by Crippen LogP contribution is -2.30. The van der Waals surface area contributed by atoms with E-state index in [1.165, 1.54) is 0 Å². The molecular formula is C17H33NO. The van der Waals surface area contributed by atoms with E-state index >= 15 is 0 Å². The molecule has 0 rings (SSSR count). The maximum absolute atomic E-state index is 11.9. The van der Waals surface area contributed by atoms with Crippen LogP contribution in [0.4, 0.5) is 0 Å². The van der Waals surface area contributed by atoms with Crippen molar-refractivity contribution in [3.63, 3.8) is 0 Å². The van der Waals surface area contributed by atoms with Gasteiger partial charge in [0.15, 0.2) is 0 Å². The van der Waals surface area contributed by atoms with Crippen LogP contribution < -0.4 is 0 Å². The first-order chi connectivity index (χ1) is 8.51. The van der Waals surface area contributed by atoms with Gasteiger partial charge in [0, 0.05) is 20.0 Å². The van der Waals surface area contributed by atoms with Crippen molar-refractivity contribution < 1.29 is 4.79 Å². The Kier molecular flexibility index (Phi) is 7.39. The van der Waals surface area contributed by atoms with Crippen molar-refractivity contribution >= 4 is 5.91 Å². The van der Waals surface area contributed by atoms with Gasteiger partial charge in [-0.3, -0.25) is 4.79 Å². The standard InChI is InChI=1S/C17H33NO/c1-16(2,3)12-10-8-9-11-13-18(7)15(19)14-17(4,5)6/h10,12H,8-9,11,13-14H2,1-7H3/b12-10+. The number of amides is 1. The van der Waals surface area contributed by atoms with E-state index in [1.54, 1.807) is 0 Å². The predicted octanol–water partition coefficient (Wildman–Crippen LogP) is 4.65. The second-order valence-corrected chi connectivity index (χ2v) is 7.82. The fourth-order valence-corrected chi connectivity index (χ4v) is 1.76. The Morgan fingerprint density at radius 3 is 2.11 bits per heavy atom. The molecule has 0 aliphatic rings. The van der Waals surface area contributed by atoms with Crippen molar-refractivity contribution in [3.05, 3.63) is 12.2 Å². The van der Waals surface area contributed by atoms with E-state index in [-0.39, 0.29) is 16.7 Å². The van der Waals surface area contributed by atoms with Gasteiger partial charge >= 0.3 is 0 Å². The smallest absolute Gasteiger partial charge is 0.222 e. The summed E-state index contributed by atoms with van der Waals surface area (Å²) in [6.45, 7) is 13.8. The van der Waals surface area contributed by atoms with E-state index in [0.29, 0.717) is 6.42 Å². The van der Waals surface area contributed by atoms with Crippen LogP contribution in [-0.4, -0.2) is 24.4 Å². The molecule has 0 fully saturated rings. The zero-order valence-corrected chi connectivity index (χ0v) is 14.0. The molecule has 0 unspecified atom stereocenters. The molecule has 0 saturated carbocycles. The van der Waals surface area contributed by atoms with Crippen LogP contribution in [0.2, 0.25) is 0 Å². The summed E-state index contributed by atoms with van der Waals surface area (Å²) in [4.78, 5) is 13.8. The molecule has 0 heterocycles. The van der Waals surface area contributed by atoms with Gasteiger partial charge in [-0.05, 0) is 30.1 Å². The molecule has 19 heavy (non-hydrogen) atoms. The van der Waals surface area contributed by atoms with Crippen LogP contribution in [0, 0.1) is 10.8 Å². The minimum atomic E-state index is 0.0841. The summed E-state index contributed by atoms with van der Waals surface area (Å²) in [7, 11) is 1.92. The minimum Gasteiger partial charge on any atom is -0.346 e. The van der Waals surface area contributed by atoms with Gasteiger partial charge in [0.25, 0.3) is 0 Å². The first-order valence-electron chi connectivity index (χ1n) is 7.43. The molecule has 0 saturated heterocycles. The van der Waals surface area contributed by atoms with Crippen LogP contribution in [0.3, 0.4) is 0 Å².